The molecule has 3 aromatic rings. The first-order chi connectivity index (χ1) is 13.3. The Morgan fingerprint density at radius 2 is 1.86 bits per heavy atom. The molecule has 0 saturated heterocycles. The maximum absolute atomic E-state index is 12.7. The number of carboxylic acid groups (broad SMARTS) is 1. The highest BCUT2D eigenvalue weighted by Gasteiger charge is 2.28. The minimum atomic E-state index is -0.878. The van der Waals surface area contributed by atoms with Crippen LogP contribution in [0.1, 0.15) is 19.7 Å². The minimum absolute atomic E-state index is 0.0347. The molecule has 0 fully saturated rings. The van der Waals surface area contributed by atoms with Crippen LogP contribution in [-0.2, 0) is 11.3 Å². The zero-order chi connectivity index (χ0) is 20.3. The van der Waals surface area contributed by atoms with Crippen molar-refractivity contribution in [3.8, 4) is 0 Å². The summed E-state index contributed by atoms with van der Waals surface area (Å²) in [6, 6.07) is 15.0. The lowest BCUT2D eigenvalue weighted by Crippen LogP contribution is -2.27. The van der Waals surface area contributed by atoms with Crippen LogP contribution < -0.4 is 10.9 Å². The van der Waals surface area contributed by atoms with Gasteiger partial charge >= 0.3 is 5.97 Å². The van der Waals surface area contributed by atoms with E-state index in [1.54, 1.807) is 24.5 Å². The average Bonchev–Trinajstić information content (AvgIpc) is 2.65. The standard InChI is InChI=1S/C21H23N3O3S/c1-14-23-18-7-5-4-6-17(18)19(25)24(14)13-12-22-15-8-10-16(11-9-15)28-21(2,3)20(26)27/h4-11,22H,12-13H2,1-3H3,(H,26,27). The van der Waals surface area contributed by atoms with Crippen molar-refractivity contribution in [2.75, 3.05) is 11.9 Å². The SMILES string of the molecule is Cc1nc2ccccc2c(=O)n1CCNc1ccc(SC(C)(C)C(=O)O)cc1. The largest absolute Gasteiger partial charge is 0.480 e. The van der Waals surface area contributed by atoms with Gasteiger partial charge in [0.1, 0.15) is 10.6 Å². The minimum Gasteiger partial charge on any atom is -0.480 e. The summed E-state index contributed by atoms with van der Waals surface area (Å²) in [5.41, 5.74) is 1.59. The van der Waals surface area contributed by atoms with Gasteiger partial charge < -0.3 is 10.4 Å². The van der Waals surface area contributed by atoms with Gasteiger partial charge in [0.15, 0.2) is 0 Å². The molecule has 6 nitrogen and oxygen atoms in total. The number of hydrogen-bond donors (Lipinski definition) is 2. The molecule has 1 heterocycles. The number of carboxylic acids is 1. The van der Waals surface area contributed by atoms with E-state index in [9.17, 15) is 14.7 Å². The van der Waals surface area contributed by atoms with E-state index in [1.165, 1.54) is 11.8 Å². The van der Waals surface area contributed by atoms with Crippen LogP contribution in [0.2, 0.25) is 0 Å². The van der Waals surface area contributed by atoms with E-state index in [4.69, 9.17) is 0 Å². The van der Waals surface area contributed by atoms with Crippen LogP contribution in [0.4, 0.5) is 5.69 Å². The predicted molar refractivity (Wildman–Crippen MR) is 113 cm³/mol. The van der Waals surface area contributed by atoms with Gasteiger partial charge in [-0.15, -0.1) is 11.8 Å². The van der Waals surface area contributed by atoms with Crippen molar-refractivity contribution >= 4 is 34.3 Å². The summed E-state index contributed by atoms with van der Waals surface area (Å²) in [5.74, 6) is -0.155. The highest BCUT2D eigenvalue weighted by molar-refractivity contribution is 8.01. The molecule has 0 saturated carbocycles. The van der Waals surface area contributed by atoms with Gasteiger partial charge in [-0.05, 0) is 57.2 Å². The quantitative estimate of drug-likeness (QED) is 0.591. The number of aryl methyl sites for hydroxylation is 1. The second-order valence-corrected chi connectivity index (χ2v) is 8.70. The number of anilines is 1. The number of benzene rings is 2. The van der Waals surface area contributed by atoms with Crippen LogP contribution in [0.25, 0.3) is 10.9 Å². The molecule has 1 aromatic heterocycles. The summed E-state index contributed by atoms with van der Waals surface area (Å²) < 4.78 is 0.797. The molecule has 0 aliphatic rings. The fourth-order valence-electron chi connectivity index (χ4n) is 2.83. The Balaban J connectivity index is 1.65. The molecule has 0 bridgehead atoms. The van der Waals surface area contributed by atoms with Gasteiger partial charge in [-0.25, -0.2) is 4.98 Å². The molecule has 0 aliphatic carbocycles. The zero-order valence-electron chi connectivity index (χ0n) is 16.1. The molecule has 2 aromatic carbocycles. The van der Waals surface area contributed by atoms with Gasteiger partial charge in [0.25, 0.3) is 5.56 Å². The monoisotopic (exact) mass is 397 g/mol. The van der Waals surface area contributed by atoms with Crippen molar-refractivity contribution in [3.63, 3.8) is 0 Å². The molecule has 0 atom stereocenters. The fraction of sp³-hybridized carbons (Fsp3) is 0.286. The van der Waals surface area contributed by atoms with Crippen LogP contribution in [0, 0.1) is 6.92 Å². The molecule has 0 amide bonds. The van der Waals surface area contributed by atoms with Crippen LogP contribution in [0.3, 0.4) is 0 Å². The summed E-state index contributed by atoms with van der Waals surface area (Å²) >= 11 is 1.31. The Labute approximate surface area is 167 Å². The molecule has 146 valence electrons. The van der Waals surface area contributed by atoms with E-state index < -0.39 is 10.7 Å². The van der Waals surface area contributed by atoms with Crippen molar-refractivity contribution in [1.82, 2.24) is 9.55 Å². The molecule has 0 radical (unpaired) electrons. The number of nitrogens with zero attached hydrogens (tertiary/aromatic N) is 2. The Morgan fingerprint density at radius 1 is 1.18 bits per heavy atom. The van der Waals surface area contributed by atoms with Gasteiger partial charge in [-0.3, -0.25) is 14.2 Å². The molecule has 28 heavy (non-hydrogen) atoms. The smallest absolute Gasteiger partial charge is 0.319 e. The normalized spacial score (nSPS) is 11.5. The van der Waals surface area contributed by atoms with E-state index in [1.807, 2.05) is 49.4 Å². The van der Waals surface area contributed by atoms with Gasteiger partial charge in [0.05, 0.1) is 10.9 Å². The van der Waals surface area contributed by atoms with E-state index in [-0.39, 0.29) is 5.56 Å². The Kier molecular flexibility index (Phi) is 5.74. The van der Waals surface area contributed by atoms with Gasteiger partial charge in [0, 0.05) is 23.7 Å². The number of rotatable bonds is 7. The lowest BCUT2D eigenvalue weighted by Gasteiger charge is -2.18. The summed E-state index contributed by atoms with van der Waals surface area (Å²) in [7, 11) is 0. The van der Waals surface area contributed by atoms with E-state index in [2.05, 4.69) is 10.3 Å². The first-order valence-corrected chi connectivity index (χ1v) is 9.82. The van der Waals surface area contributed by atoms with Crippen molar-refractivity contribution in [3.05, 3.63) is 64.7 Å². The lowest BCUT2D eigenvalue weighted by molar-refractivity contribution is -0.138. The Hall–Kier alpha value is -2.80. The number of thioether (sulfide) groups is 1. The summed E-state index contributed by atoms with van der Waals surface area (Å²) in [6.45, 7) is 6.29. The third-order valence-corrected chi connectivity index (χ3v) is 5.65. The first-order valence-electron chi connectivity index (χ1n) is 9.00. The Bertz CT molecular complexity index is 1060. The summed E-state index contributed by atoms with van der Waals surface area (Å²) in [4.78, 5) is 29.3. The Morgan fingerprint density at radius 3 is 2.54 bits per heavy atom. The van der Waals surface area contributed by atoms with Crippen LogP contribution in [-0.4, -0.2) is 31.9 Å². The van der Waals surface area contributed by atoms with Gasteiger partial charge in [-0.2, -0.15) is 0 Å². The van der Waals surface area contributed by atoms with Gasteiger partial charge in [0.2, 0.25) is 0 Å². The lowest BCUT2D eigenvalue weighted by atomic mass is 10.2. The maximum Gasteiger partial charge on any atom is 0.319 e. The third kappa shape index (κ3) is 4.36. The van der Waals surface area contributed by atoms with Gasteiger partial charge in [-0.1, -0.05) is 12.1 Å². The van der Waals surface area contributed by atoms with Crippen molar-refractivity contribution in [2.24, 2.45) is 0 Å². The van der Waals surface area contributed by atoms with E-state index in [0.29, 0.717) is 29.8 Å². The highest BCUT2D eigenvalue weighted by atomic mass is 32.2. The number of hydrogen-bond acceptors (Lipinski definition) is 5. The van der Waals surface area contributed by atoms with E-state index >= 15 is 0 Å². The molecule has 3 rings (SSSR count). The fourth-order valence-corrected chi connectivity index (χ4v) is 3.78. The number of para-hydroxylation sites is 1. The molecule has 0 spiro atoms. The molecule has 0 aliphatic heterocycles. The second kappa shape index (κ2) is 8.06. The molecule has 7 heteroatoms. The number of nitrogens with one attached hydrogen (secondary N) is 1. The molecule has 2 N–H and O–H groups in total. The predicted octanol–water partition coefficient (Wildman–Crippen LogP) is 3.77. The number of aliphatic carboxylic acids is 1. The molecular weight excluding hydrogens is 374 g/mol. The van der Waals surface area contributed by atoms with Crippen molar-refractivity contribution in [1.29, 1.82) is 0 Å². The highest BCUT2D eigenvalue weighted by Crippen LogP contribution is 2.33. The van der Waals surface area contributed by atoms with Crippen LogP contribution in [0.5, 0.6) is 0 Å². The van der Waals surface area contributed by atoms with Crippen molar-refractivity contribution < 1.29 is 9.90 Å². The number of fused-ring (bicyclic) bond motifs is 1. The van der Waals surface area contributed by atoms with Crippen molar-refractivity contribution in [2.45, 2.75) is 37.0 Å². The molecule has 0 unspecified atom stereocenters. The van der Waals surface area contributed by atoms with E-state index in [0.717, 1.165) is 10.6 Å². The topological polar surface area (TPSA) is 84.2 Å². The van der Waals surface area contributed by atoms with Crippen LogP contribution in [0.15, 0.2) is 58.2 Å². The zero-order valence-corrected chi connectivity index (χ0v) is 16.9. The average molecular weight is 398 g/mol. The second-order valence-electron chi connectivity index (χ2n) is 7.00. The summed E-state index contributed by atoms with van der Waals surface area (Å²) in [5, 5.41) is 13.1. The molecular formula is C21H23N3O3S. The number of carbonyl (C=O) groups is 1. The summed E-state index contributed by atoms with van der Waals surface area (Å²) in [6.07, 6.45) is 0. The van der Waals surface area contributed by atoms with Crippen LogP contribution >= 0.6 is 11.8 Å². The maximum atomic E-state index is 12.7. The number of aromatic nitrogens is 2. The third-order valence-electron chi connectivity index (χ3n) is 4.46. The first kappa shape index (κ1) is 19.9.